The molecule has 1 aromatic rings. The van der Waals surface area contributed by atoms with Crippen molar-refractivity contribution in [1.82, 2.24) is 10.6 Å². The van der Waals surface area contributed by atoms with Crippen molar-refractivity contribution in [3.8, 4) is 0 Å². The first-order valence-electron chi connectivity index (χ1n) is 7.75. The second kappa shape index (κ2) is 11.4. The van der Waals surface area contributed by atoms with Crippen LogP contribution in [0.2, 0.25) is 0 Å². The number of carbonyl (C=O) groups is 1. The molecule has 0 saturated carbocycles. The predicted octanol–water partition coefficient (Wildman–Crippen LogP) is 1.22. The predicted molar refractivity (Wildman–Crippen MR) is 97.0 cm³/mol. The van der Waals surface area contributed by atoms with Gasteiger partial charge in [-0.15, -0.1) is 0 Å². The van der Waals surface area contributed by atoms with E-state index in [1.807, 2.05) is 6.92 Å². The first-order chi connectivity index (χ1) is 11.9. The number of carbonyl (C=O) groups excluding carboxylic acids is 1. The number of amides is 1. The summed E-state index contributed by atoms with van der Waals surface area (Å²) in [4.78, 5) is 11.9. The zero-order chi connectivity index (χ0) is 18.7. The summed E-state index contributed by atoms with van der Waals surface area (Å²) in [5.74, 6) is -0.224. The summed E-state index contributed by atoms with van der Waals surface area (Å²) in [6, 6.07) is 6.34. The Labute approximate surface area is 151 Å². The minimum Gasteiger partial charge on any atom is -0.379 e. The second-order valence-electron chi connectivity index (χ2n) is 4.91. The zero-order valence-corrected chi connectivity index (χ0v) is 15.9. The van der Waals surface area contributed by atoms with Gasteiger partial charge < -0.3 is 20.1 Å². The molecule has 1 aromatic carbocycles. The van der Waals surface area contributed by atoms with Crippen LogP contribution in [0.4, 0.5) is 0 Å². The minimum absolute atomic E-state index is 0.174. The van der Waals surface area contributed by atoms with Crippen LogP contribution in [0.15, 0.2) is 24.3 Å². The van der Waals surface area contributed by atoms with Gasteiger partial charge in [0.15, 0.2) is 0 Å². The first-order valence-corrected chi connectivity index (χ1v) is 10.6. The summed E-state index contributed by atoms with van der Waals surface area (Å²) < 4.78 is 42.0. The van der Waals surface area contributed by atoms with Crippen molar-refractivity contribution in [3.63, 3.8) is 0 Å². The van der Waals surface area contributed by atoms with Gasteiger partial charge in [-0.3, -0.25) is 9.35 Å². The Morgan fingerprint density at radius 3 is 2.48 bits per heavy atom. The highest BCUT2D eigenvalue weighted by Crippen LogP contribution is 2.33. The quantitative estimate of drug-likeness (QED) is 0.211. The fourth-order valence-electron chi connectivity index (χ4n) is 1.84. The molecule has 25 heavy (non-hydrogen) atoms. The number of rotatable bonds is 12. The van der Waals surface area contributed by atoms with Crippen LogP contribution in [0.5, 0.6) is 0 Å². The molecule has 0 aliphatic rings. The maximum Gasteiger partial charge on any atom is 0.322 e. The molecule has 0 spiro atoms. The topological polar surface area (TPSA) is 114 Å². The number of nitrogens with one attached hydrogen (secondary N) is 2. The van der Waals surface area contributed by atoms with Crippen molar-refractivity contribution in [3.05, 3.63) is 35.4 Å². The monoisotopic (exact) mass is 392 g/mol. The highest BCUT2D eigenvalue weighted by molar-refractivity contribution is 8.69. The molecule has 0 aliphatic heterocycles. The van der Waals surface area contributed by atoms with Gasteiger partial charge in [-0.2, -0.15) is 8.42 Å². The van der Waals surface area contributed by atoms with Crippen LogP contribution >= 0.6 is 10.8 Å². The molecule has 0 bridgehead atoms. The number of ether oxygens (including phenoxy) is 2. The minimum atomic E-state index is -4.29. The molecule has 3 N–H and O–H groups in total. The number of hydrogen-bond donors (Lipinski definition) is 3. The van der Waals surface area contributed by atoms with Gasteiger partial charge in [-0.25, -0.2) is 0 Å². The summed E-state index contributed by atoms with van der Waals surface area (Å²) in [5.41, 5.74) is 0.0486. The Hall–Kier alpha value is -1.17. The number of hydrogen-bond acceptors (Lipinski definition) is 7. The molecule has 142 valence electrons. The molecule has 1 amide bonds. The lowest BCUT2D eigenvalue weighted by Crippen LogP contribution is -2.30. The van der Waals surface area contributed by atoms with Gasteiger partial charge in [-0.1, -0.05) is 12.1 Å². The fourth-order valence-corrected chi connectivity index (χ4v) is 3.65. The molecular formula is C15H24N2O6S2. The second-order valence-corrected chi connectivity index (χ2v) is 8.22. The Morgan fingerprint density at radius 2 is 1.92 bits per heavy atom. The van der Waals surface area contributed by atoms with Gasteiger partial charge in [0, 0.05) is 36.1 Å². The van der Waals surface area contributed by atoms with E-state index in [0.717, 1.165) is 0 Å². The summed E-state index contributed by atoms with van der Waals surface area (Å²) in [6.07, 6.45) is 0. The lowest BCUT2D eigenvalue weighted by Gasteiger charge is -2.16. The highest BCUT2D eigenvalue weighted by atomic mass is 33.1. The van der Waals surface area contributed by atoms with E-state index in [-0.39, 0.29) is 23.3 Å². The Balaban J connectivity index is 2.75. The first kappa shape index (κ1) is 21.9. The third kappa shape index (κ3) is 9.19. The molecular weight excluding hydrogens is 368 g/mol. The van der Waals surface area contributed by atoms with Crippen LogP contribution in [0.3, 0.4) is 0 Å². The van der Waals surface area contributed by atoms with E-state index in [4.69, 9.17) is 14.0 Å². The molecule has 8 nitrogen and oxygen atoms in total. The van der Waals surface area contributed by atoms with Crippen molar-refractivity contribution in [2.45, 2.75) is 12.4 Å². The van der Waals surface area contributed by atoms with Crippen molar-refractivity contribution >= 4 is 25.9 Å². The van der Waals surface area contributed by atoms with Crippen LogP contribution < -0.4 is 10.6 Å². The largest absolute Gasteiger partial charge is 0.379 e. The fraction of sp³-hybridized carbons (Fsp3) is 0.533. The Bertz CT molecular complexity index is 621. The lowest BCUT2D eigenvalue weighted by atomic mass is 10.1. The van der Waals surface area contributed by atoms with E-state index in [2.05, 4.69) is 10.6 Å². The van der Waals surface area contributed by atoms with Crippen molar-refractivity contribution < 1.29 is 27.2 Å². The van der Waals surface area contributed by atoms with Gasteiger partial charge in [0.25, 0.3) is 5.91 Å². The molecule has 0 radical (unpaired) electrons. The molecule has 0 aromatic heterocycles. The van der Waals surface area contributed by atoms with Crippen molar-refractivity contribution in [2.75, 3.05) is 40.0 Å². The molecule has 0 fully saturated rings. The van der Waals surface area contributed by atoms with E-state index < -0.39 is 14.6 Å². The maximum absolute atomic E-state index is 11.9. The lowest BCUT2D eigenvalue weighted by molar-refractivity contribution is 0.0418. The van der Waals surface area contributed by atoms with E-state index in [1.165, 1.54) is 0 Å². The summed E-state index contributed by atoms with van der Waals surface area (Å²) in [6.45, 7) is 4.00. The van der Waals surface area contributed by atoms with Gasteiger partial charge in [0.1, 0.15) is 5.44 Å². The zero-order valence-electron chi connectivity index (χ0n) is 14.2. The van der Waals surface area contributed by atoms with E-state index in [1.54, 1.807) is 31.3 Å². The van der Waals surface area contributed by atoms with E-state index >= 15 is 0 Å². The molecule has 0 saturated heterocycles. The molecule has 10 heteroatoms. The van der Waals surface area contributed by atoms with Gasteiger partial charge in [0.2, 0.25) is 0 Å². The molecule has 0 heterocycles. The number of benzene rings is 1. The average molecular weight is 392 g/mol. The van der Waals surface area contributed by atoms with Gasteiger partial charge in [-0.05, 0) is 31.7 Å². The van der Waals surface area contributed by atoms with Crippen LogP contribution in [0.25, 0.3) is 0 Å². The standard InChI is InChI=1S/C15H24N2O6S2/c1-3-22-10-11-23-15(24-25(19,20)21)13-6-4-12(5-7-13)14(18)17-9-8-16-2/h4-7,15-16H,3,8-11H2,1-2H3,(H,17,18)(H,19,20,21). The van der Waals surface area contributed by atoms with Gasteiger partial charge in [0.05, 0.1) is 13.2 Å². The summed E-state index contributed by atoms with van der Waals surface area (Å²) in [7, 11) is -2.21. The molecule has 1 atom stereocenters. The summed E-state index contributed by atoms with van der Waals surface area (Å²) >= 11 is 0. The molecule has 1 unspecified atom stereocenters. The van der Waals surface area contributed by atoms with E-state index in [9.17, 15) is 13.2 Å². The smallest absolute Gasteiger partial charge is 0.322 e. The maximum atomic E-state index is 11.9. The third-order valence-electron chi connectivity index (χ3n) is 3.02. The summed E-state index contributed by atoms with van der Waals surface area (Å²) in [5, 5.41) is 5.67. The highest BCUT2D eigenvalue weighted by Gasteiger charge is 2.21. The van der Waals surface area contributed by atoms with Crippen molar-refractivity contribution in [2.24, 2.45) is 0 Å². The number of likely N-dealkylation sites (N-methyl/N-ethyl adjacent to an activating group) is 1. The molecule has 0 aliphatic carbocycles. The molecule has 1 rings (SSSR count). The van der Waals surface area contributed by atoms with Crippen LogP contribution in [-0.2, 0) is 18.6 Å². The van der Waals surface area contributed by atoms with Gasteiger partial charge >= 0.3 is 9.15 Å². The Kier molecular flexibility index (Phi) is 10.0. The van der Waals surface area contributed by atoms with E-state index in [0.29, 0.717) is 37.4 Å². The SMILES string of the molecule is CCOCCOC(SS(=O)(=O)O)c1ccc(C(=O)NCCNC)cc1. The normalized spacial score (nSPS) is 12.8. The van der Waals surface area contributed by atoms with Crippen LogP contribution in [-0.4, -0.2) is 58.8 Å². The van der Waals surface area contributed by atoms with Crippen LogP contribution in [0.1, 0.15) is 28.3 Å². The Morgan fingerprint density at radius 1 is 1.24 bits per heavy atom. The van der Waals surface area contributed by atoms with Crippen LogP contribution in [0, 0.1) is 0 Å². The average Bonchev–Trinajstić information content (AvgIpc) is 2.57. The van der Waals surface area contributed by atoms with Crippen molar-refractivity contribution in [1.29, 1.82) is 0 Å². The third-order valence-corrected chi connectivity index (χ3v) is 5.10.